The minimum absolute atomic E-state index is 0.226. The van der Waals surface area contributed by atoms with Gasteiger partial charge in [-0.15, -0.1) is 0 Å². The molecule has 0 saturated heterocycles. The van der Waals surface area contributed by atoms with Gasteiger partial charge in [-0.1, -0.05) is 42.7 Å². The first-order chi connectivity index (χ1) is 9.63. The quantitative estimate of drug-likeness (QED) is 0.820. The molecule has 0 unspecified atom stereocenters. The number of anilines is 1. The summed E-state index contributed by atoms with van der Waals surface area (Å²) in [4.78, 5) is 16.1. The number of ether oxygens (including phenoxy) is 1. The molecule has 0 aromatic carbocycles. The number of aromatic nitrogens is 1. The van der Waals surface area contributed by atoms with E-state index in [0.717, 1.165) is 18.8 Å². The van der Waals surface area contributed by atoms with Gasteiger partial charge in [0, 0.05) is 6.04 Å². The van der Waals surface area contributed by atoms with Crippen LogP contribution in [0.25, 0.3) is 0 Å². The van der Waals surface area contributed by atoms with E-state index in [2.05, 4.69) is 22.0 Å². The average molecular weight is 317 g/mol. The Hall–Kier alpha value is -0.810. The third-order valence-corrected chi connectivity index (χ3v) is 5.18. The van der Waals surface area contributed by atoms with Crippen LogP contribution in [0, 0.1) is 5.92 Å². The predicted octanol–water partition coefficient (Wildman–Crippen LogP) is 4.35. The van der Waals surface area contributed by atoms with Crippen LogP contribution >= 0.6 is 22.9 Å². The second-order valence-electron chi connectivity index (χ2n) is 5.28. The van der Waals surface area contributed by atoms with Gasteiger partial charge >= 0.3 is 5.97 Å². The fourth-order valence-corrected chi connectivity index (χ4v) is 3.94. The topological polar surface area (TPSA) is 51.2 Å². The van der Waals surface area contributed by atoms with E-state index in [1.54, 1.807) is 0 Å². The molecular formula is C14H21ClN2O2S. The Morgan fingerprint density at radius 2 is 2.15 bits per heavy atom. The highest BCUT2D eigenvalue weighted by atomic mass is 35.5. The molecule has 1 aromatic rings. The van der Waals surface area contributed by atoms with Gasteiger partial charge < -0.3 is 10.1 Å². The van der Waals surface area contributed by atoms with Crippen molar-refractivity contribution in [3.8, 4) is 0 Å². The van der Waals surface area contributed by atoms with Crippen molar-refractivity contribution < 1.29 is 9.53 Å². The number of methoxy groups -OCH3 is 1. The fraction of sp³-hybridized carbons (Fsp3) is 0.714. The smallest absolute Gasteiger partial charge is 0.351 e. The van der Waals surface area contributed by atoms with Gasteiger partial charge in [0.2, 0.25) is 0 Å². The highest BCUT2D eigenvalue weighted by Gasteiger charge is 2.23. The van der Waals surface area contributed by atoms with Crippen LogP contribution in [0.1, 0.15) is 55.1 Å². The molecule has 1 aliphatic rings. The molecule has 1 fully saturated rings. The van der Waals surface area contributed by atoms with E-state index in [4.69, 9.17) is 11.6 Å². The number of carbonyl (C=O) groups is 1. The predicted molar refractivity (Wildman–Crippen MR) is 82.7 cm³/mol. The summed E-state index contributed by atoms with van der Waals surface area (Å²) in [6.07, 6.45) is 7.48. The van der Waals surface area contributed by atoms with Crippen molar-refractivity contribution >= 4 is 34.0 Å². The number of nitrogens with one attached hydrogen (secondary N) is 1. The third kappa shape index (κ3) is 3.85. The van der Waals surface area contributed by atoms with Crippen molar-refractivity contribution in [2.75, 3.05) is 12.4 Å². The normalized spacial score (nSPS) is 22.6. The van der Waals surface area contributed by atoms with Crippen LogP contribution in [0.15, 0.2) is 0 Å². The van der Waals surface area contributed by atoms with Crippen molar-refractivity contribution in [2.24, 2.45) is 5.92 Å². The molecule has 1 aromatic heterocycles. The maximum absolute atomic E-state index is 11.5. The van der Waals surface area contributed by atoms with Gasteiger partial charge in [-0.25, -0.2) is 9.78 Å². The van der Waals surface area contributed by atoms with Crippen molar-refractivity contribution in [2.45, 2.75) is 51.5 Å². The van der Waals surface area contributed by atoms with Crippen LogP contribution in [0.2, 0.25) is 5.15 Å². The van der Waals surface area contributed by atoms with Crippen LogP contribution in [-0.2, 0) is 4.74 Å². The first-order valence-electron chi connectivity index (χ1n) is 7.15. The van der Waals surface area contributed by atoms with Gasteiger partial charge in [-0.2, -0.15) is 0 Å². The summed E-state index contributed by atoms with van der Waals surface area (Å²) in [5.41, 5.74) is 0. The Balaban J connectivity index is 1.90. The van der Waals surface area contributed by atoms with Crippen molar-refractivity contribution in [1.29, 1.82) is 0 Å². The minimum Gasteiger partial charge on any atom is -0.465 e. The second-order valence-corrected chi connectivity index (χ2v) is 6.64. The molecule has 4 nitrogen and oxygen atoms in total. The van der Waals surface area contributed by atoms with Crippen LogP contribution in [0.3, 0.4) is 0 Å². The maximum atomic E-state index is 11.5. The largest absolute Gasteiger partial charge is 0.465 e. The Labute approximate surface area is 128 Å². The molecule has 1 saturated carbocycles. The van der Waals surface area contributed by atoms with Gasteiger partial charge in [0.15, 0.2) is 15.2 Å². The monoisotopic (exact) mass is 316 g/mol. The van der Waals surface area contributed by atoms with Crippen molar-refractivity contribution in [1.82, 2.24) is 4.98 Å². The summed E-state index contributed by atoms with van der Waals surface area (Å²) < 4.78 is 4.68. The highest BCUT2D eigenvalue weighted by molar-refractivity contribution is 7.18. The molecule has 1 aliphatic carbocycles. The Bertz CT molecular complexity index is 456. The summed E-state index contributed by atoms with van der Waals surface area (Å²) in [5, 5.41) is 4.34. The second kappa shape index (κ2) is 7.27. The number of esters is 1. The lowest BCUT2D eigenvalue weighted by atomic mass is 9.83. The number of rotatable bonds is 5. The van der Waals surface area contributed by atoms with Crippen LogP contribution in [-0.4, -0.2) is 24.1 Å². The Morgan fingerprint density at radius 3 is 2.75 bits per heavy atom. The maximum Gasteiger partial charge on any atom is 0.351 e. The van der Waals surface area contributed by atoms with Crippen LogP contribution < -0.4 is 5.32 Å². The van der Waals surface area contributed by atoms with E-state index in [1.165, 1.54) is 44.1 Å². The molecule has 0 radical (unpaired) electrons. The van der Waals surface area contributed by atoms with E-state index in [-0.39, 0.29) is 5.15 Å². The van der Waals surface area contributed by atoms with E-state index in [1.807, 2.05) is 0 Å². The number of hydrogen-bond donors (Lipinski definition) is 1. The number of hydrogen-bond acceptors (Lipinski definition) is 5. The summed E-state index contributed by atoms with van der Waals surface area (Å²) in [5.74, 6) is 0.454. The first kappa shape index (κ1) is 15.6. The number of carbonyl (C=O) groups excluding carboxylic acids is 1. The number of halogens is 1. The molecule has 1 heterocycles. The van der Waals surface area contributed by atoms with E-state index >= 15 is 0 Å². The standard InChI is InChI=1S/C14H21ClN2O2S/c1-3-4-9-5-7-10(8-6-9)16-14-17-12(15)11(20-14)13(18)19-2/h9-10H,3-8H2,1-2H3,(H,16,17). The van der Waals surface area contributed by atoms with Crippen molar-refractivity contribution in [3.63, 3.8) is 0 Å². The van der Waals surface area contributed by atoms with E-state index < -0.39 is 5.97 Å². The Morgan fingerprint density at radius 1 is 1.45 bits per heavy atom. The molecule has 112 valence electrons. The Kier molecular flexibility index (Phi) is 5.66. The first-order valence-corrected chi connectivity index (χ1v) is 8.34. The SMILES string of the molecule is CCCC1CCC(Nc2nc(Cl)c(C(=O)OC)s2)CC1. The zero-order valence-electron chi connectivity index (χ0n) is 11.9. The summed E-state index contributed by atoms with van der Waals surface area (Å²) in [6, 6.07) is 0.441. The molecule has 0 bridgehead atoms. The lowest BCUT2D eigenvalue weighted by Gasteiger charge is -2.28. The fourth-order valence-electron chi connectivity index (χ4n) is 2.76. The van der Waals surface area contributed by atoms with Gasteiger partial charge in [-0.3, -0.25) is 0 Å². The van der Waals surface area contributed by atoms with Crippen LogP contribution in [0.4, 0.5) is 5.13 Å². The third-order valence-electron chi connectivity index (χ3n) is 3.83. The van der Waals surface area contributed by atoms with Gasteiger partial charge in [0.25, 0.3) is 0 Å². The molecule has 0 atom stereocenters. The molecule has 0 amide bonds. The molecule has 0 aliphatic heterocycles. The van der Waals surface area contributed by atoms with E-state index in [0.29, 0.717) is 16.1 Å². The molecule has 6 heteroatoms. The minimum atomic E-state index is -0.424. The van der Waals surface area contributed by atoms with Gasteiger partial charge in [0.05, 0.1) is 7.11 Å². The lowest BCUT2D eigenvalue weighted by molar-refractivity contribution is 0.0606. The molecule has 20 heavy (non-hydrogen) atoms. The lowest BCUT2D eigenvalue weighted by Crippen LogP contribution is -2.25. The number of nitrogens with zero attached hydrogens (tertiary/aromatic N) is 1. The number of thiazole rings is 1. The highest BCUT2D eigenvalue weighted by Crippen LogP contribution is 2.32. The molecule has 0 spiro atoms. The summed E-state index contributed by atoms with van der Waals surface area (Å²) in [7, 11) is 1.35. The van der Waals surface area contributed by atoms with Gasteiger partial charge in [0.1, 0.15) is 0 Å². The summed E-state index contributed by atoms with van der Waals surface area (Å²) >= 11 is 7.23. The zero-order valence-corrected chi connectivity index (χ0v) is 13.5. The molecular weight excluding hydrogens is 296 g/mol. The molecule has 2 rings (SSSR count). The van der Waals surface area contributed by atoms with Crippen molar-refractivity contribution in [3.05, 3.63) is 10.0 Å². The van der Waals surface area contributed by atoms with Crippen LogP contribution in [0.5, 0.6) is 0 Å². The van der Waals surface area contributed by atoms with E-state index in [9.17, 15) is 4.79 Å². The molecule has 1 N–H and O–H groups in total. The average Bonchev–Trinajstić information content (AvgIpc) is 2.81. The summed E-state index contributed by atoms with van der Waals surface area (Å²) in [6.45, 7) is 2.25. The van der Waals surface area contributed by atoms with Gasteiger partial charge in [-0.05, 0) is 31.6 Å². The zero-order chi connectivity index (χ0) is 14.5.